The van der Waals surface area contributed by atoms with Crippen LogP contribution in [0.25, 0.3) is 11.7 Å². The topological polar surface area (TPSA) is 101 Å². The Hall–Kier alpha value is -3.20. The number of rotatable bonds is 4. The summed E-state index contributed by atoms with van der Waals surface area (Å²) < 4.78 is 1.58. The van der Waals surface area contributed by atoms with Crippen LogP contribution in [0, 0.1) is 0 Å². The van der Waals surface area contributed by atoms with Crippen molar-refractivity contribution in [1.82, 2.24) is 24.9 Å². The quantitative estimate of drug-likeness (QED) is 0.414. The monoisotopic (exact) mass is 366 g/mol. The number of para-hydroxylation sites is 1. The van der Waals surface area contributed by atoms with Crippen molar-refractivity contribution in [1.29, 1.82) is 0 Å². The SMILES string of the molecule is CSc1nc(Nc2ccccc2)n2ncc(C=C3CC(=O)NC3=O)c2n1. The summed E-state index contributed by atoms with van der Waals surface area (Å²) in [5.74, 6) is -0.165. The van der Waals surface area contributed by atoms with Crippen LogP contribution < -0.4 is 10.6 Å². The number of hydrogen-bond donors (Lipinski definition) is 2. The van der Waals surface area contributed by atoms with Crippen LogP contribution in [-0.2, 0) is 9.59 Å². The van der Waals surface area contributed by atoms with Gasteiger partial charge < -0.3 is 5.32 Å². The maximum Gasteiger partial charge on any atom is 0.254 e. The third-order valence-corrected chi connectivity index (χ3v) is 4.36. The summed E-state index contributed by atoms with van der Waals surface area (Å²) in [6.45, 7) is 0. The standard InChI is InChI=1S/C17H14N6O2S/c1-26-17-21-14-11(7-10-8-13(24)20-15(10)25)9-18-23(14)16(22-17)19-12-5-3-2-4-6-12/h2-7,9H,8H2,1H3,(H,19,21,22)(H,20,24,25). The summed E-state index contributed by atoms with van der Waals surface area (Å²) in [5, 5.41) is 10.4. The summed E-state index contributed by atoms with van der Waals surface area (Å²) in [5.41, 5.74) is 2.48. The zero-order chi connectivity index (χ0) is 18.1. The average Bonchev–Trinajstić information content (AvgIpc) is 3.19. The van der Waals surface area contributed by atoms with E-state index in [9.17, 15) is 9.59 Å². The van der Waals surface area contributed by atoms with Gasteiger partial charge in [-0.25, -0.2) is 4.98 Å². The summed E-state index contributed by atoms with van der Waals surface area (Å²) >= 11 is 1.41. The van der Waals surface area contributed by atoms with E-state index in [1.165, 1.54) is 11.8 Å². The first kappa shape index (κ1) is 16.3. The number of carbonyl (C=O) groups excluding carboxylic acids is 2. The molecule has 1 aromatic carbocycles. The lowest BCUT2D eigenvalue weighted by atomic mass is 10.1. The highest BCUT2D eigenvalue weighted by Gasteiger charge is 2.24. The van der Waals surface area contributed by atoms with Crippen LogP contribution in [-0.4, -0.2) is 37.7 Å². The first-order valence-electron chi connectivity index (χ1n) is 7.80. The van der Waals surface area contributed by atoms with Crippen LogP contribution in [0.4, 0.5) is 11.6 Å². The highest BCUT2D eigenvalue weighted by molar-refractivity contribution is 7.98. The van der Waals surface area contributed by atoms with E-state index in [1.807, 2.05) is 36.6 Å². The second kappa shape index (κ2) is 6.60. The third-order valence-electron chi connectivity index (χ3n) is 3.81. The molecular formula is C17H14N6O2S. The number of benzene rings is 1. The first-order valence-corrected chi connectivity index (χ1v) is 9.03. The van der Waals surface area contributed by atoms with Crippen molar-refractivity contribution in [3.05, 3.63) is 47.7 Å². The van der Waals surface area contributed by atoms with Crippen LogP contribution in [0.2, 0.25) is 0 Å². The molecule has 0 aliphatic carbocycles. The summed E-state index contributed by atoms with van der Waals surface area (Å²) in [6, 6.07) is 9.62. The number of fused-ring (bicyclic) bond motifs is 1. The second-order valence-electron chi connectivity index (χ2n) is 5.58. The Morgan fingerprint density at radius 3 is 2.73 bits per heavy atom. The fraction of sp³-hybridized carbons (Fsp3) is 0.118. The molecule has 26 heavy (non-hydrogen) atoms. The molecule has 0 spiro atoms. The zero-order valence-electron chi connectivity index (χ0n) is 13.8. The number of nitrogens with zero attached hydrogens (tertiary/aromatic N) is 4. The third kappa shape index (κ3) is 3.04. The van der Waals surface area contributed by atoms with Gasteiger partial charge in [0.1, 0.15) is 0 Å². The van der Waals surface area contributed by atoms with E-state index in [0.29, 0.717) is 27.9 Å². The Morgan fingerprint density at radius 2 is 2.04 bits per heavy atom. The normalized spacial score (nSPS) is 15.7. The molecule has 1 saturated heterocycles. The van der Waals surface area contributed by atoms with Gasteiger partial charge in [-0.3, -0.25) is 14.9 Å². The molecule has 9 heteroatoms. The molecule has 2 N–H and O–H groups in total. The number of amides is 2. The van der Waals surface area contributed by atoms with E-state index in [0.717, 1.165) is 5.69 Å². The largest absolute Gasteiger partial charge is 0.324 e. The Morgan fingerprint density at radius 1 is 1.23 bits per heavy atom. The van der Waals surface area contributed by atoms with Crippen LogP contribution in [0.1, 0.15) is 12.0 Å². The number of anilines is 2. The molecule has 0 bridgehead atoms. The average molecular weight is 366 g/mol. The van der Waals surface area contributed by atoms with Gasteiger partial charge in [0, 0.05) is 16.8 Å². The van der Waals surface area contributed by atoms with Gasteiger partial charge in [0.05, 0.1) is 12.6 Å². The number of hydrogen-bond acceptors (Lipinski definition) is 7. The molecule has 1 fully saturated rings. The molecule has 2 aromatic heterocycles. The lowest BCUT2D eigenvalue weighted by Gasteiger charge is -2.08. The van der Waals surface area contributed by atoms with Crippen molar-refractivity contribution in [2.45, 2.75) is 11.6 Å². The van der Waals surface area contributed by atoms with Gasteiger partial charge in [0.2, 0.25) is 11.9 Å². The summed E-state index contributed by atoms with van der Waals surface area (Å²) in [6.07, 6.45) is 5.20. The van der Waals surface area contributed by atoms with Crippen molar-refractivity contribution in [3.63, 3.8) is 0 Å². The minimum atomic E-state index is -0.379. The number of carbonyl (C=O) groups is 2. The predicted molar refractivity (Wildman–Crippen MR) is 98.0 cm³/mol. The number of imide groups is 1. The van der Waals surface area contributed by atoms with Gasteiger partial charge in [-0.1, -0.05) is 30.0 Å². The van der Waals surface area contributed by atoms with E-state index >= 15 is 0 Å². The molecule has 3 heterocycles. The molecule has 0 saturated carbocycles. The van der Waals surface area contributed by atoms with Gasteiger partial charge in [-0.15, -0.1) is 0 Å². The lowest BCUT2D eigenvalue weighted by Crippen LogP contribution is -2.19. The second-order valence-corrected chi connectivity index (χ2v) is 6.36. The van der Waals surface area contributed by atoms with E-state index < -0.39 is 0 Å². The maximum atomic E-state index is 11.8. The number of aromatic nitrogens is 4. The maximum absolute atomic E-state index is 11.8. The highest BCUT2D eigenvalue weighted by atomic mass is 32.2. The van der Waals surface area contributed by atoms with Gasteiger partial charge in [0.25, 0.3) is 5.91 Å². The van der Waals surface area contributed by atoms with Crippen LogP contribution in [0.15, 0.2) is 47.3 Å². The minimum Gasteiger partial charge on any atom is -0.324 e. The van der Waals surface area contributed by atoms with Crippen molar-refractivity contribution in [2.24, 2.45) is 0 Å². The molecule has 1 aliphatic rings. The number of thioether (sulfide) groups is 1. The molecule has 0 unspecified atom stereocenters. The Kier molecular flexibility index (Phi) is 4.13. The van der Waals surface area contributed by atoms with E-state index in [4.69, 9.17) is 0 Å². The number of nitrogens with one attached hydrogen (secondary N) is 2. The molecule has 1 aliphatic heterocycles. The zero-order valence-corrected chi connectivity index (χ0v) is 14.6. The highest BCUT2D eigenvalue weighted by Crippen LogP contribution is 2.23. The minimum absolute atomic E-state index is 0.0613. The van der Waals surface area contributed by atoms with E-state index in [2.05, 4.69) is 25.7 Å². The van der Waals surface area contributed by atoms with Gasteiger partial charge in [0.15, 0.2) is 10.8 Å². The molecule has 0 atom stereocenters. The smallest absolute Gasteiger partial charge is 0.254 e. The molecular weight excluding hydrogens is 352 g/mol. The summed E-state index contributed by atoms with van der Waals surface area (Å²) in [4.78, 5) is 32.1. The van der Waals surface area contributed by atoms with Gasteiger partial charge in [-0.2, -0.15) is 14.6 Å². The predicted octanol–water partition coefficient (Wildman–Crippen LogP) is 2.02. The van der Waals surface area contributed by atoms with Crippen LogP contribution >= 0.6 is 11.8 Å². The molecule has 3 aromatic rings. The molecule has 2 amide bonds. The fourth-order valence-corrected chi connectivity index (χ4v) is 2.96. The molecule has 4 rings (SSSR count). The van der Waals surface area contributed by atoms with E-state index in [1.54, 1.807) is 16.8 Å². The van der Waals surface area contributed by atoms with Gasteiger partial charge >= 0.3 is 0 Å². The van der Waals surface area contributed by atoms with Crippen molar-refractivity contribution in [2.75, 3.05) is 11.6 Å². The van der Waals surface area contributed by atoms with Crippen LogP contribution in [0.5, 0.6) is 0 Å². The van der Waals surface area contributed by atoms with Crippen molar-refractivity contribution in [3.8, 4) is 0 Å². The Labute approximate surface area is 152 Å². The molecule has 0 radical (unpaired) electrons. The first-order chi connectivity index (χ1) is 12.6. The Balaban J connectivity index is 1.80. The van der Waals surface area contributed by atoms with Gasteiger partial charge in [-0.05, 0) is 24.5 Å². The van der Waals surface area contributed by atoms with Crippen molar-refractivity contribution >= 4 is 46.9 Å². The van der Waals surface area contributed by atoms with E-state index in [-0.39, 0.29) is 18.2 Å². The van der Waals surface area contributed by atoms with Crippen molar-refractivity contribution < 1.29 is 9.59 Å². The fourth-order valence-electron chi connectivity index (χ4n) is 2.61. The molecule has 8 nitrogen and oxygen atoms in total. The Bertz CT molecular complexity index is 1040. The molecule has 130 valence electrons. The lowest BCUT2D eigenvalue weighted by molar-refractivity contribution is -0.124. The van der Waals surface area contributed by atoms with Crippen LogP contribution in [0.3, 0.4) is 0 Å². The summed E-state index contributed by atoms with van der Waals surface area (Å²) in [7, 11) is 0.